The molecule has 0 atom stereocenters. The van der Waals surface area contributed by atoms with E-state index in [1.54, 1.807) is 6.33 Å². The largest absolute Gasteiger partial charge is 0.217 e. The maximum Gasteiger partial charge on any atom is 0.163 e. The molecule has 0 aliphatic carbocycles. The molecule has 0 amide bonds. The third-order valence-electron chi connectivity index (χ3n) is 5.07. The van der Waals surface area contributed by atoms with Crippen LogP contribution in [0.15, 0.2) is 116 Å². The zero-order valence-corrected chi connectivity index (χ0v) is 16.3. The Labute approximate surface area is 175 Å². The van der Waals surface area contributed by atoms with E-state index >= 15 is 0 Å². The van der Waals surface area contributed by atoms with Crippen molar-refractivity contribution in [2.24, 2.45) is 0 Å². The molecule has 0 saturated heterocycles. The fourth-order valence-electron chi connectivity index (χ4n) is 3.46. The standard InChI is InChI=1S/C27H19N3/c1-3-7-20(8-4-1)21-11-13-22(14-12-21)23-15-17-25(18-16-23)27-29-19-28-26(30-27)24-9-5-2-6-10-24/h1-19H. The van der Waals surface area contributed by atoms with E-state index in [4.69, 9.17) is 0 Å². The molecular formula is C27H19N3. The second-order valence-corrected chi connectivity index (χ2v) is 7.02. The van der Waals surface area contributed by atoms with E-state index in [2.05, 4.69) is 87.7 Å². The normalized spacial score (nSPS) is 10.7. The van der Waals surface area contributed by atoms with Gasteiger partial charge in [-0.05, 0) is 22.3 Å². The summed E-state index contributed by atoms with van der Waals surface area (Å²) in [4.78, 5) is 13.3. The van der Waals surface area contributed by atoms with Crippen LogP contribution in [0.4, 0.5) is 0 Å². The lowest BCUT2D eigenvalue weighted by molar-refractivity contribution is 1.07. The lowest BCUT2D eigenvalue weighted by Gasteiger charge is -2.07. The third-order valence-corrected chi connectivity index (χ3v) is 5.07. The Balaban J connectivity index is 1.40. The number of benzene rings is 4. The maximum absolute atomic E-state index is 4.64. The van der Waals surface area contributed by atoms with Crippen LogP contribution in [0.5, 0.6) is 0 Å². The zero-order chi connectivity index (χ0) is 20.2. The molecule has 30 heavy (non-hydrogen) atoms. The summed E-state index contributed by atoms with van der Waals surface area (Å²) in [6.45, 7) is 0. The summed E-state index contributed by atoms with van der Waals surface area (Å²) >= 11 is 0. The summed E-state index contributed by atoms with van der Waals surface area (Å²) in [6.07, 6.45) is 1.57. The molecular weight excluding hydrogens is 366 g/mol. The van der Waals surface area contributed by atoms with Gasteiger partial charge in [-0.3, -0.25) is 0 Å². The summed E-state index contributed by atoms with van der Waals surface area (Å²) in [5, 5.41) is 0. The first-order valence-electron chi connectivity index (χ1n) is 9.87. The minimum atomic E-state index is 0.676. The van der Waals surface area contributed by atoms with Crippen LogP contribution in [-0.4, -0.2) is 15.0 Å². The van der Waals surface area contributed by atoms with Gasteiger partial charge in [0.15, 0.2) is 11.6 Å². The van der Waals surface area contributed by atoms with E-state index in [9.17, 15) is 0 Å². The molecule has 0 N–H and O–H groups in total. The van der Waals surface area contributed by atoms with E-state index in [1.165, 1.54) is 16.7 Å². The van der Waals surface area contributed by atoms with Crippen LogP contribution >= 0.6 is 0 Å². The van der Waals surface area contributed by atoms with E-state index in [-0.39, 0.29) is 0 Å². The smallest absolute Gasteiger partial charge is 0.163 e. The Kier molecular flexibility index (Phi) is 4.84. The number of hydrogen-bond donors (Lipinski definition) is 0. The van der Waals surface area contributed by atoms with Crippen LogP contribution in [-0.2, 0) is 0 Å². The number of aromatic nitrogens is 3. The molecule has 0 aliphatic heterocycles. The van der Waals surface area contributed by atoms with Gasteiger partial charge in [-0.2, -0.15) is 0 Å². The van der Waals surface area contributed by atoms with Crippen LogP contribution in [0, 0.1) is 0 Å². The zero-order valence-electron chi connectivity index (χ0n) is 16.3. The topological polar surface area (TPSA) is 38.7 Å². The van der Waals surface area contributed by atoms with Crippen LogP contribution in [0.1, 0.15) is 0 Å². The highest BCUT2D eigenvalue weighted by atomic mass is 15.0. The van der Waals surface area contributed by atoms with Gasteiger partial charge in [-0.15, -0.1) is 0 Å². The van der Waals surface area contributed by atoms with Gasteiger partial charge in [0, 0.05) is 11.1 Å². The van der Waals surface area contributed by atoms with Crippen molar-refractivity contribution < 1.29 is 0 Å². The average Bonchev–Trinajstić information content (AvgIpc) is 2.85. The first kappa shape index (κ1) is 18.0. The Bertz CT molecular complexity index is 1250. The lowest BCUT2D eigenvalue weighted by atomic mass is 9.99. The molecule has 0 aliphatic rings. The first-order chi connectivity index (χ1) is 14.9. The summed E-state index contributed by atoms with van der Waals surface area (Å²) in [6, 6.07) is 37.4. The summed E-state index contributed by atoms with van der Waals surface area (Å²) < 4.78 is 0. The molecule has 1 heterocycles. The fourth-order valence-corrected chi connectivity index (χ4v) is 3.46. The molecule has 4 aromatic carbocycles. The van der Waals surface area contributed by atoms with Crippen LogP contribution in [0.2, 0.25) is 0 Å². The molecule has 5 rings (SSSR count). The number of hydrogen-bond acceptors (Lipinski definition) is 3. The van der Waals surface area contributed by atoms with Gasteiger partial charge in [0.25, 0.3) is 0 Å². The van der Waals surface area contributed by atoms with Gasteiger partial charge in [0.2, 0.25) is 0 Å². The first-order valence-corrected chi connectivity index (χ1v) is 9.87. The van der Waals surface area contributed by atoms with E-state index in [1.807, 2.05) is 36.4 Å². The van der Waals surface area contributed by atoms with E-state index in [0.29, 0.717) is 11.6 Å². The highest BCUT2D eigenvalue weighted by molar-refractivity contribution is 5.72. The third kappa shape index (κ3) is 3.74. The molecule has 0 radical (unpaired) electrons. The van der Waals surface area contributed by atoms with Crippen molar-refractivity contribution in [2.75, 3.05) is 0 Å². The quantitative estimate of drug-likeness (QED) is 0.352. The Morgan fingerprint density at radius 1 is 0.333 bits per heavy atom. The Hall–Kier alpha value is -4.11. The molecule has 0 fully saturated rings. The maximum atomic E-state index is 4.64. The molecule has 1 aromatic heterocycles. The Morgan fingerprint density at radius 3 is 1.13 bits per heavy atom. The van der Waals surface area contributed by atoms with Gasteiger partial charge < -0.3 is 0 Å². The summed E-state index contributed by atoms with van der Waals surface area (Å²) in [5.74, 6) is 1.36. The number of rotatable bonds is 4. The van der Waals surface area contributed by atoms with Crippen molar-refractivity contribution in [1.29, 1.82) is 0 Å². The van der Waals surface area contributed by atoms with Crippen molar-refractivity contribution >= 4 is 0 Å². The Morgan fingerprint density at radius 2 is 0.667 bits per heavy atom. The second kappa shape index (κ2) is 8.10. The second-order valence-electron chi connectivity index (χ2n) is 7.02. The molecule has 3 heteroatoms. The molecule has 0 bridgehead atoms. The summed E-state index contributed by atoms with van der Waals surface area (Å²) in [7, 11) is 0. The van der Waals surface area contributed by atoms with Gasteiger partial charge in [0.05, 0.1) is 0 Å². The average molecular weight is 385 g/mol. The van der Waals surface area contributed by atoms with Crippen LogP contribution < -0.4 is 0 Å². The predicted octanol–water partition coefficient (Wildman–Crippen LogP) is 6.54. The minimum Gasteiger partial charge on any atom is -0.217 e. The highest BCUT2D eigenvalue weighted by Gasteiger charge is 2.07. The fraction of sp³-hybridized carbons (Fsp3) is 0. The summed E-state index contributed by atoms with van der Waals surface area (Å²) in [5.41, 5.74) is 6.74. The van der Waals surface area contributed by atoms with E-state index < -0.39 is 0 Å². The van der Waals surface area contributed by atoms with Crippen molar-refractivity contribution in [2.45, 2.75) is 0 Å². The molecule has 3 nitrogen and oxygen atoms in total. The van der Waals surface area contributed by atoms with Crippen molar-refractivity contribution in [3.05, 3.63) is 116 Å². The van der Waals surface area contributed by atoms with Gasteiger partial charge in [-0.25, -0.2) is 15.0 Å². The predicted molar refractivity (Wildman–Crippen MR) is 122 cm³/mol. The minimum absolute atomic E-state index is 0.676. The van der Waals surface area contributed by atoms with Gasteiger partial charge in [-0.1, -0.05) is 109 Å². The van der Waals surface area contributed by atoms with Gasteiger partial charge >= 0.3 is 0 Å². The lowest BCUT2D eigenvalue weighted by Crippen LogP contribution is -1.95. The van der Waals surface area contributed by atoms with E-state index in [0.717, 1.165) is 16.7 Å². The monoisotopic (exact) mass is 385 g/mol. The highest BCUT2D eigenvalue weighted by Crippen LogP contribution is 2.27. The molecule has 0 unspecified atom stereocenters. The van der Waals surface area contributed by atoms with Crippen molar-refractivity contribution in [3.8, 4) is 45.0 Å². The van der Waals surface area contributed by atoms with Crippen LogP contribution in [0.25, 0.3) is 45.0 Å². The van der Waals surface area contributed by atoms with Crippen LogP contribution in [0.3, 0.4) is 0 Å². The molecule has 0 spiro atoms. The number of nitrogens with zero attached hydrogens (tertiary/aromatic N) is 3. The van der Waals surface area contributed by atoms with Crippen molar-refractivity contribution in [3.63, 3.8) is 0 Å². The molecule has 5 aromatic rings. The van der Waals surface area contributed by atoms with Gasteiger partial charge in [0.1, 0.15) is 6.33 Å². The molecule has 142 valence electrons. The van der Waals surface area contributed by atoms with Crippen molar-refractivity contribution in [1.82, 2.24) is 15.0 Å². The molecule has 0 saturated carbocycles. The SMILES string of the molecule is c1ccc(-c2ccc(-c3ccc(-c4ncnc(-c5ccccc5)n4)cc3)cc2)cc1.